The van der Waals surface area contributed by atoms with E-state index in [2.05, 4.69) is 16.9 Å². The van der Waals surface area contributed by atoms with Crippen LogP contribution in [0.25, 0.3) is 0 Å². The van der Waals surface area contributed by atoms with Crippen molar-refractivity contribution in [3.05, 3.63) is 29.1 Å². The van der Waals surface area contributed by atoms with E-state index in [1.807, 2.05) is 18.2 Å². The molecule has 0 aromatic heterocycles. The van der Waals surface area contributed by atoms with Gasteiger partial charge >= 0.3 is 7.82 Å². The van der Waals surface area contributed by atoms with Gasteiger partial charge in [-0.1, -0.05) is 31.9 Å². The van der Waals surface area contributed by atoms with Crippen LogP contribution in [0.5, 0.6) is 0 Å². The molecule has 128 valence electrons. The van der Waals surface area contributed by atoms with Gasteiger partial charge in [-0.15, -0.1) is 0 Å². The fourth-order valence-corrected chi connectivity index (χ4v) is 2.42. The summed E-state index contributed by atoms with van der Waals surface area (Å²) in [5, 5.41) is 12.6. The van der Waals surface area contributed by atoms with Crippen LogP contribution in [0.2, 0.25) is 0 Å². The summed E-state index contributed by atoms with van der Waals surface area (Å²) < 4.78 is 20.0. The van der Waals surface area contributed by atoms with E-state index >= 15 is 0 Å². The van der Waals surface area contributed by atoms with Gasteiger partial charge in [0.2, 0.25) is 0 Å². The Kier molecular flexibility index (Phi) is 8.93. The molecule has 0 spiro atoms. The second-order valence-electron chi connectivity index (χ2n) is 5.30. The highest BCUT2D eigenvalue weighted by Gasteiger charge is 2.17. The van der Waals surface area contributed by atoms with Crippen LogP contribution >= 0.6 is 7.82 Å². The summed E-state index contributed by atoms with van der Waals surface area (Å²) in [6.45, 7) is 2.90. The molecule has 1 rings (SSSR count). The van der Waals surface area contributed by atoms with E-state index in [1.165, 1.54) is 0 Å². The Labute approximate surface area is 132 Å². The summed E-state index contributed by atoms with van der Waals surface area (Å²) in [4.78, 5) is 9.02. The molecule has 22 heavy (non-hydrogen) atoms. The maximum Gasteiger partial charge on any atom is 0.471 e. The van der Waals surface area contributed by atoms with Crippen molar-refractivity contribution in [2.24, 2.45) is 5.92 Å². The minimum absolute atomic E-state index is 0.193. The Morgan fingerprint density at radius 1 is 1.45 bits per heavy atom. The number of hydroxylamine groups is 1. The zero-order valence-electron chi connectivity index (χ0n) is 13.2. The van der Waals surface area contributed by atoms with Gasteiger partial charge in [-0.05, 0) is 31.3 Å². The average molecular weight is 333 g/mol. The standard InChI is InChI=1S/C14H26N2O5P/c1-13-7-9-14(10-8-13)16(17)15-11-5-3-4-6-12-21-22(18,19)20-2/h7,9-10,13,15H,3-6,8,11-12H2,1-2H3,(H,18,19)/q-1. The zero-order valence-corrected chi connectivity index (χ0v) is 14.1. The fraction of sp³-hybridized carbons (Fsp3) is 0.714. The third kappa shape index (κ3) is 8.08. The molecule has 0 radical (unpaired) electrons. The number of hydrogen-bond donors (Lipinski definition) is 2. The van der Waals surface area contributed by atoms with Crippen LogP contribution < -0.4 is 5.43 Å². The number of phosphoric acid groups is 1. The number of rotatable bonds is 11. The van der Waals surface area contributed by atoms with E-state index in [0.29, 0.717) is 24.6 Å². The van der Waals surface area contributed by atoms with Crippen molar-refractivity contribution in [2.45, 2.75) is 39.0 Å². The van der Waals surface area contributed by atoms with Crippen LogP contribution in [0.1, 0.15) is 39.0 Å². The zero-order chi connectivity index (χ0) is 16.4. The van der Waals surface area contributed by atoms with Gasteiger partial charge in [0.05, 0.1) is 6.61 Å². The van der Waals surface area contributed by atoms with Crippen molar-refractivity contribution in [3.63, 3.8) is 0 Å². The van der Waals surface area contributed by atoms with Crippen molar-refractivity contribution in [1.29, 1.82) is 0 Å². The summed E-state index contributed by atoms with van der Waals surface area (Å²) in [6, 6.07) is 0. The van der Waals surface area contributed by atoms with Gasteiger partial charge in [0.1, 0.15) is 0 Å². The molecule has 0 aliphatic heterocycles. The molecule has 8 heteroatoms. The van der Waals surface area contributed by atoms with E-state index < -0.39 is 7.82 Å². The van der Waals surface area contributed by atoms with Gasteiger partial charge in [-0.25, -0.2) is 9.99 Å². The number of allylic oxidation sites excluding steroid dienone is 3. The monoisotopic (exact) mass is 333 g/mol. The Hall–Kier alpha value is -0.690. The summed E-state index contributed by atoms with van der Waals surface area (Å²) in [6.07, 6.45) is 10.0. The molecule has 0 aromatic carbocycles. The lowest BCUT2D eigenvalue weighted by Crippen LogP contribution is -2.32. The molecule has 7 nitrogen and oxygen atoms in total. The molecule has 2 atom stereocenters. The molecule has 0 saturated heterocycles. The predicted molar refractivity (Wildman–Crippen MR) is 85.5 cm³/mol. The molecule has 0 bridgehead atoms. The van der Waals surface area contributed by atoms with Gasteiger partial charge in [0.25, 0.3) is 0 Å². The lowest BCUT2D eigenvalue weighted by molar-refractivity contribution is 0.170. The van der Waals surface area contributed by atoms with Gasteiger partial charge in [0, 0.05) is 19.4 Å². The summed E-state index contributed by atoms with van der Waals surface area (Å²) >= 11 is 0. The smallest absolute Gasteiger partial charge is 0.471 e. The molecule has 2 unspecified atom stereocenters. The lowest BCUT2D eigenvalue weighted by Gasteiger charge is -2.33. The van der Waals surface area contributed by atoms with Crippen molar-refractivity contribution >= 4 is 7.82 Å². The second-order valence-corrected chi connectivity index (χ2v) is 6.86. The number of unbranched alkanes of at least 4 members (excludes halogenated alkanes) is 3. The van der Waals surface area contributed by atoms with Gasteiger partial charge in [0.15, 0.2) is 0 Å². The number of nitrogens with one attached hydrogen (secondary N) is 1. The van der Waals surface area contributed by atoms with E-state index in [4.69, 9.17) is 9.42 Å². The van der Waals surface area contributed by atoms with Crippen molar-refractivity contribution in [1.82, 2.24) is 10.6 Å². The first-order chi connectivity index (χ1) is 10.4. The quantitative estimate of drug-likeness (QED) is 0.341. The van der Waals surface area contributed by atoms with Crippen LogP contribution in [-0.4, -0.2) is 30.3 Å². The van der Waals surface area contributed by atoms with Crippen LogP contribution in [0, 0.1) is 11.1 Å². The largest absolute Gasteiger partial charge is 0.743 e. The molecule has 2 N–H and O–H groups in total. The molecule has 1 aliphatic carbocycles. The van der Waals surface area contributed by atoms with Crippen LogP contribution in [0.4, 0.5) is 0 Å². The molecular weight excluding hydrogens is 307 g/mol. The van der Waals surface area contributed by atoms with Gasteiger partial charge in [-0.2, -0.15) is 0 Å². The van der Waals surface area contributed by atoms with Crippen molar-refractivity contribution in [3.8, 4) is 0 Å². The first-order valence-corrected chi connectivity index (χ1v) is 9.06. The predicted octanol–water partition coefficient (Wildman–Crippen LogP) is 3.09. The molecule has 0 heterocycles. The molecular formula is C14H26N2O5P-. The maximum absolute atomic E-state index is 11.8. The topological polar surface area (TPSA) is 94.1 Å². The molecule has 0 fully saturated rings. The Morgan fingerprint density at radius 2 is 2.18 bits per heavy atom. The lowest BCUT2D eigenvalue weighted by atomic mass is 10.0. The van der Waals surface area contributed by atoms with E-state index in [0.717, 1.165) is 38.0 Å². The van der Waals surface area contributed by atoms with E-state index in [9.17, 15) is 9.77 Å². The summed E-state index contributed by atoms with van der Waals surface area (Å²) in [5.41, 5.74) is 3.47. The van der Waals surface area contributed by atoms with Gasteiger partial charge < -0.3 is 15.3 Å². The second kappa shape index (κ2) is 10.2. The highest BCUT2D eigenvalue weighted by Crippen LogP contribution is 2.41. The van der Waals surface area contributed by atoms with Crippen molar-refractivity contribution < 1.29 is 18.5 Å². The fourth-order valence-electron chi connectivity index (χ4n) is 1.95. The number of hydrogen-bond acceptors (Lipinski definition) is 6. The normalized spacial score (nSPS) is 20.5. The first kappa shape index (κ1) is 19.4. The number of nitrogens with zero attached hydrogens (tertiary/aromatic N) is 1. The molecule has 1 aliphatic rings. The highest BCUT2D eigenvalue weighted by atomic mass is 31.2. The van der Waals surface area contributed by atoms with Crippen LogP contribution in [0.15, 0.2) is 23.9 Å². The maximum atomic E-state index is 11.8. The third-order valence-corrected chi connectivity index (χ3v) is 4.31. The summed E-state index contributed by atoms with van der Waals surface area (Å²) in [7, 11) is -2.70. The van der Waals surface area contributed by atoms with Crippen molar-refractivity contribution in [2.75, 3.05) is 20.3 Å². The number of phosphoric ester groups is 1. The van der Waals surface area contributed by atoms with Gasteiger partial charge in [-0.3, -0.25) is 9.05 Å². The Balaban J connectivity index is 2.00. The SMILES string of the molecule is COP(=O)(O)OCCCCCCNN([O-])C1=CCC(C)C=C1. The summed E-state index contributed by atoms with van der Waals surface area (Å²) in [5.74, 6) is 0.492. The average Bonchev–Trinajstić information content (AvgIpc) is 2.50. The minimum Gasteiger partial charge on any atom is -0.743 e. The van der Waals surface area contributed by atoms with Crippen LogP contribution in [0.3, 0.4) is 0 Å². The molecule has 0 saturated carbocycles. The van der Waals surface area contributed by atoms with Crippen LogP contribution in [-0.2, 0) is 13.6 Å². The highest BCUT2D eigenvalue weighted by molar-refractivity contribution is 7.47. The molecule has 0 aromatic rings. The van der Waals surface area contributed by atoms with E-state index in [1.54, 1.807) is 0 Å². The Morgan fingerprint density at radius 3 is 2.82 bits per heavy atom. The third-order valence-electron chi connectivity index (χ3n) is 3.34. The number of hydrazine groups is 1. The first-order valence-electron chi connectivity index (χ1n) is 7.57. The molecule has 0 amide bonds. The minimum atomic E-state index is -3.84. The van der Waals surface area contributed by atoms with E-state index in [-0.39, 0.29) is 6.61 Å². The Bertz CT molecular complexity index is 427.